The smallest absolute Gasteiger partial charge is 0.128 e. The fourth-order valence-electron chi connectivity index (χ4n) is 1.72. The van der Waals surface area contributed by atoms with Gasteiger partial charge in [0.25, 0.3) is 0 Å². The van der Waals surface area contributed by atoms with Crippen molar-refractivity contribution in [1.82, 2.24) is 0 Å². The van der Waals surface area contributed by atoms with Gasteiger partial charge in [-0.15, -0.1) is 0 Å². The quantitative estimate of drug-likeness (QED) is 0.845. The largest absolute Gasteiger partial charge is 0.326 e. The van der Waals surface area contributed by atoms with E-state index < -0.39 is 0 Å². The summed E-state index contributed by atoms with van der Waals surface area (Å²) in [5.74, 6) is -0.584. The number of rotatable bonds is 2. The Hall–Kier alpha value is -1.74. The molecular weight excluding hydrogens is 220 g/mol. The van der Waals surface area contributed by atoms with E-state index in [0.717, 1.165) is 11.1 Å². The number of halogens is 2. The summed E-state index contributed by atoms with van der Waals surface area (Å²) >= 11 is 0. The summed E-state index contributed by atoms with van der Waals surface area (Å²) in [6, 6.07) is 9.60. The van der Waals surface area contributed by atoms with E-state index in [-0.39, 0.29) is 18.2 Å². The molecule has 0 bridgehead atoms. The van der Waals surface area contributed by atoms with E-state index in [1.165, 1.54) is 12.1 Å². The third kappa shape index (κ3) is 2.34. The first-order chi connectivity index (χ1) is 8.11. The van der Waals surface area contributed by atoms with Crippen LogP contribution in [0.1, 0.15) is 11.1 Å². The summed E-state index contributed by atoms with van der Waals surface area (Å²) in [6.07, 6.45) is 0. The highest BCUT2D eigenvalue weighted by atomic mass is 19.1. The van der Waals surface area contributed by atoms with E-state index in [9.17, 15) is 8.78 Å². The van der Waals surface area contributed by atoms with E-state index >= 15 is 0 Å². The summed E-state index contributed by atoms with van der Waals surface area (Å²) in [4.78, 5) is 0. The lowest BCUT2D eigenvalue weighted by atomic mass is 10.0. The van der Waals surface area contributed by atoms with Crippen molar-refractivity contribution >= 4 is 0 Å². The van der Waals surface area contributed by atoms with Crippen molar-refractivity contribution in [3.63, 3.8) is 0 Å². The van der Waals surface area contributed by atoms with Crippen LogP contribution in [0.15, 0.2) is 36.4 Å². The SMILES string of the molecule is Cc1cc(-c2ccc(CN)c(F)c2)ccc1F. The molecule has 88 valence electrons. The highest BCUT2D eigenvalue weighted by molar-refractivity contribution is 5.64. The molecule has 0 unspecified atom stereocenters. The van der Waals surface area contributed by atoms with Crippen molar-refractivity contribution in [3.8, 4) is 11.1 Å². The van der Waals surface area contributed by atoms with Gasteiger partial charge in [-0.2, -0.15) is 0 Å². The van der Waals surface area contributed by atoms with Gasteiger partial charge in [-0.3, -0.25) is 0 Å². The van der Waals surface area contributed by atoms with Gasteiger partial charge in [0.05, 0.1) is 0 Å². The second kappa shape index (κ2) is 4.63. The van der Waals surface area contributed by atoms with E-state index in [0.29, 0.717) is 11.1 Å². The molecule has 0 fully saturated rings. The first-order valence-electron chi connectivity index (χ1n) is 5.37. The summed E-state index contributed by atoms with van der Waals surface area (Å²) in [7, 11) is 0. The van der Waals surface area contributed by atoms with E-state index in [1.54, 1.807) is 31.2 Å². The van der Waals surface area contributed by atoms with Crippen LogP contribution in [0.4, 0.5) is 8.78 Å². The average Bonchev–Trinajstić information content (AvgIpc) is 2.32. The predicted octanol–water partition coefficient (Wildman–Crippen LogP) is 3.40. The van der Waals surface area contributed by atoms with Crippen molar-refractivity contribution < 1.29 is 8.78 Å². The Morgan fingerprint density at radius 2 is 1.59 bits per heavy atom. The lowest BCUT2D eigenvalue weighted by molar-refractivity contribution is 0.611. The Morgan fingerprint density at radius 3 is 2.18 bits per heavy atom. The molecule has 0 saturated carbocycles. The van der Waals surface area contributed by atoms with Gasteiger partial charge in [0.1, 0.15) is 11.6 Å². The normalized spacial score (nSPS) is 10.6. The van der Waals surface area contributed by atoms with Gasteiger partial charge >= 0.3 is 0 Å². The van der Waals surface area contributed by atoms with Crippen molar-refractivity contribution in [2.45, 2.75) is 13.5 Å². The Kier molecular flexibility index (Phi) is 3.20. The molecule has 0 aliphatic heterocycles. The van der Waals surface area contributed by atoms with Gasteiger partial charge in [0, 0.05) is 12.1 Å². The van der Waals surface area contributed by atoms with Crippen LogP contribution in [0.5, 0.6) is 0 Å². The van der Waals surface area contributed by atoms with Gasteiger partial charge in [0.2, 0.25) is 0 Å². The third-order valence-electron chi connectivity index (χ3n) is 2.76. The fraction of sp³-hybridized carbons (Fsp3) is 0.143. The highest BCUT2D eigenvalue weighted by Crippen LogP contribution is 2.23. The molecule has 0 atom stereocenters. The predicted molar refractivity (Wildman–Crippen MR) is 64.4 cm³/mol. The molecule has 0 spiro atoms. The first-order valence-corrected chi connectivity index (χ1v) is 5.37. The molecule has 1 nitrogen and oxygen atoms in total. The molecule has 0 aromatic heterocycles. The molecule has 0 saturated heterocycles. The summed E-state index contributed by atoms with van der Waals surface area (Å²) in [5, 5.41) is 0. The van der Waals surface area contributed by atoms with Gasteiger partial charge in [-0.25, -0.2) is 8.78 Å². The maximum Gasteiger partial charge on any atom is 0.128 e. The number of hydrogen-bond acceptors (Lipinski definition) is 1. The number of benzene rings is 2. The van der Waals surface area contributed by atoms with E-state index in [2.05, 4.69) is 0 Å². The molecule has 2 aromatic carbocycles. The zero-order valence-corrected chi connectivity index (χ0v) is 9.50. The summed E-state index contributed by atoms with van der Waals surface area (Å²) in [6.45, 7) is 1.86. The Labute approximate surface area is 98.9 Å². The standard InChI is InChI=1S/C14H13F2N/c1-9-6-10(4-5-13(9)15)11-2-3-12(8-17)14(16)7-11/h2-7H,8,17H2,1H3. The second-order valence-corrected chi connectivity index (χ2v) is 3.97. The molecule has 0 heterocycles. The summed E-state index contributed by atoms with van der Waals surface area (Å²) in [5.41, 5.74) is 7.94. The van der Waals surface area contributed by atoms with Crippen LogP contribution in [0.25, 0.3) is 11.1 Å². The van der Waals surface area contributed by atoms with Crippen molar-refractivity contribution in [1.29, 1.82) is 0 Å². The van der Waals surface area contributed by atoms with Crippen LogP contribution in [-0.4, -0.2) is 0 Å². The van der Waals surface area contributed by atoms with Crippen LogP contribution in [-0.2, 0) is 6.54 Å². The van der Waals surface area contributed by atoms with Crippen LogP contribution in [0.3, 0.4) is 0 Å². The van der Waals surface area contributed by atoms with Crippen molar-refractivity contribution in [2.75, 3.05) is 0 Å². The molecule has 0 amide bonds. The number of hydrogen-bond donors (Lipinski definition) is 1. The van der Waals surface area contributed by atoms with Crippen LogP contribution < -0.4 is 5.73 Å². The average molecular weight is 233 g/mol. The lowest BCUT2D eigenvalue weighted by Gasteiger charge is -2.06. The monoisotopic (exact) mass is 233 g/mol. The van der Waals surface area contributed by atoms with E-state index in [1.807, 2.05) is 0 Å². The maximum atomic E-state index is 13.6. The minimum absolute atomic E-state index is 0.175. The molecule has 2 aromatic rings. The highest BCUT2D eigenvalue weighted by Gasteiger charge is 2.05. The molecule has 17 heavy (non-hydrogen) atoms. The zero-order valence-electron chi connectivity index (χ0n) is 9.50. The minimum atomic E-state index is -0.327. The Bertz CT molecular complexity index is 550. The first kappa shape index (κ1) is 11.7. The van der Waals surface area contributed by atoms with Gasteiger partial charge in [-0.1, -0.05) is 18.2 Å². The van der Waals surface area contributed by atoms with Crippen molar-refractivity contribution in [2.24, 2.45) is 5.73 Å². The molecule has 2 rings (SSSR count). The van der Waals surface area contributed by atoms with E-state index in [4.69, 9.17) is 5.73 Å². The molecule has 0 aliphatic carbocycles. The number of aryl methyl sites for hydroxylation is 1. The Morgan fingerprint density at radius 1 is 0.941 bits per heavy atom. The lowest BCUT2D eigenvalue weighted by Crippen LogP contribution is -1.99. The molecule has 0 aliphatic rings. The zero-order chi connectivity index (χ0) is 12.4. The second-order valence-electron chi connectivity index (χ2n) is 3.97. The summed E-state index contributed by atoms with van der Waals surface area (Å²) < 4.78 is 26.7. The van der Waals surface area contributed by atoms with Crippen LogP contribution >= 0.6 is 0 Å². The minimum Gasteiger partial charge on any atom is -0.326 e. The van der Waals surface area contributed by atoms with Crippen LogP contribution in [0, 0.1) is 18.6 Å². The fourth-order valence-corrected chi connectivity index (χ4v) is 1.72. The third-order valence-corrected chi connectivity index (χ3v) is 2.76. The van der Waals surface area contributed by atoms with Crippen molar-refractivity contribution in [3.05, 3.63) is 59.2 Å². The van der Waals surface area contributed by atoms with Gasteiger partial charge in [0.15, 0.2) is 0 Å². The molecule has 2 N–H and O–H groups in total. The Balaban J connectivity index is 2.46. The van der Waals surface area contributed by atoms with Gasteiger partial charge < -0.3 is 5.73 Å². The number of nitrogens with two attached hydrogens (primary N) is 1. The molecule has 3 heteroatoms. The van der Waals surface area contributed by atoms with Crippen LogP contribution in [0.2, 0.25) is 0 Å². The molecule has 0 radical (unpaired) electrons. The van der Waals surface area contributed by atoms with Gasteiger partial charge in [-0.05, 0) is 41.8 Å². The maximum absolute atomic E-state index is 13.6. The molecular formula is C14H13F2N. The topological polar surface area (TPSA) is 26.0 Å².